The molecule has 16 heavy (non-hydrogen) atoms. The lowest BCUT2D eigenvalue weighted by Gasteiger charge is -2.11. The summed E-state index contributed by atoms with van der Waals surface area (Å²) in [6.45, 7) is 0. The first-order valence-corrected chi connectivity index (χ1v) is 6.12. The van der Waals surface area contributed by atoms with Gasteiger partial charge in [-0.15, -0.1) is 0 Å². The summed E-state index contributed by atoms with van der Waals surface area (Å²) in [5, 5.41) is 0.539. The Bertz CT molecular complexity index is 485. The van der Waals surface area contributed by atoms with Gasteiger partial charge in [0.05, 0.1) is 4.83 Å². The van der Waals surface area contributed by atoms with Crippen LogP contribution in [0, 0.1) is 5.82 Å². The standard InChI is InChI=1S/C13H9BrClF/c14-13(9-4-2-1-3-5-9)11-8-10(15)6-7-12(11)16/h1-8,13H. The highest BCUT2D eigenvalue weighted by Gasteiger charge is 2.14. The second-order valence-electron chi connectivity index (χ2n) is 3.44. The van der Waals surface area contributed by atoms with Crippen molar-refractivity contribution in [2.24, 2.45) is 0 Å². The summed E-state index contributed by atoms with van der Waals surface area (Å²) in [5.74, 6) is -0.255. The molecule has 0 spiro atoms. The zero-order chi connectivity index (χ0) is 11.5. The summed E-state index contributed by atoms with van der Waals surface area (Å²) < 4.78 is 13.6. The van der Waals surface area contributed by atoms with Gasteiger partial charge in [-0.3, -0.25) is 0 Å². The summed E-state index contributed by atoms with van der Waals surface area (Å²) in [5.41, 5.74) is 1.56. The van der Waals surface area contributed by atoms with E-state index in [0.717, 1.165) is 5.56 Å². The van der Waals surface area contributed by atoms with Crippen molar-refractivity contribution >= 4 is 27.5 Å². The molecule has 2 aromatic rings. The molecule has 0 aliphatic heterocycles. The molecule has 0 saturated carbocycles. The molecular formula is C13H9BrClF. The minimum atomic E-state index is -0.255. The number of hydrogen-bond acceptors (Lipinski definition) is 0. The minimum absolute atomic E-state index is 0.174. The quantitative estimate of drug-likeness (QED) is 0.687. The SMILES string of the molecule is Fc1ccc(Cl)cc1C(Br)c1ccccc1. The molecule has 0 nitrogen and oxygen atoms in total. The molecule has 1 unspecified atom stereocenters. The molecule has 1 atom stereocenters. The Morgan fingerprint density at radius 1 is 1.06 bits per heavy atom. The number of alkyl halides is 1. The van der Waals surface area contributed by atoms with Crippen LogP contribution < -0.4 is 0 Å². The lowest BCUT2D eigenvalue weighted by molar-refractivity contribution is 0.613. The molecule has 0 amide bonds. The Hall–Kier alpha value is -0.860. The van der Waals surface area contributed by atoms with Gasteiger partial charge in [0.25, 0.3) is 0 Å². The van der Waals surface area contributed by atoms with Gasteiger partial charge in [-0.05, 0) is 23.8 Å². The van der Waals surface area contributed by atoms with Gasteiger partial charge in [0, 0.05) is 10.6 Å². The minimum Gasteiger partial charge on any atom is -0.207 e. The Kier molecular flexibility index (Phi) is 3.62. The van der Waals surface area contributed by atoms with E-state index in [0.29, 0.717) is 10.6 Å². The van der Waals surface area contributed by atoms with Crippen molar-refractivity contribution in [1.82, 2.24) is 0 Å². The highest BCUT2D eigenvalue weighted by atomic mass is 79.9. The molecule has 0 saturated heterocycles. The van der Waals surface area contributed by atoms with E-state index in [1.54, 1.807) is 12.1 Å². The van der Waals surface area contributed by atoms with Crippen molar-refractivity contribution in [3.05, 3.63) is 70.5 Å². The number of rotatable bonds is 2. The largest absolute Gasteiger partial charge is 0.207 e. The topological polar surface area (TPSA) is 0 Å². The maximum Gasteiger partial charge on any atom is 0.127 e. The van der Waals surface area contributed by atoms with Gasteiger partial charge in [0.15, 0.2) is 0 Å². The van der Waals surface area contributed by atoms with E-state index < -0.39 is 0 Å². The van der Waals surface area contributed by atoms with E-state index in [9.17, 15) is 4.39 Å². The summed E-state index contributed by atoms with van der Waals surface area (Å²) in [4.78, 5) is -0.174. The van der Waals surface area contributed by atoms with Crippen molar-refractivity contribution in [3.63, 3.8) is 0 Å². The molecule has 0 N–H and O–H groups in total. The monoisotopic (exact) mass is 298 g/mol. The molecule has 0 bridgehead atoms. The molecule has 3 heteroatoms. The Morgan fingerprint density at radius 2 is 1.75 bits per heavy atom. The fraction of sp³-hybridized carbons (Fsp3) is 0.0769. The smallest absolute Gasteiger partial charge is 0.127 e. The molecule has 82 valence electrons. The molecular weight excluding hydrogens is 290 g/mol. The van der Waals surface area contributed by atoms with Crippen LogP contribution in [0.4, 0.5) is 4.39 Å². The predicted octanol–water partition coefficient (Wildman–Crippen LogP) is 4.96. The molecule has 2 aromatic carbocycles. The van der Waals surface area contributed by atoms with Crippen molar-refractivity contribution in [1.29, 1.82) is 0 Å². The van der Waals surface area contributed by atoms with Crippen LogP contribution in [0.25, 0.3) is 0 Å². The predicted molar refractivity (Wildman–Crippen MR) is 68.6 cm³/mol. The summed E-state index contributed by atoms with van der Waals surface area (Å²) in [6, 6.07) is 14.2. The summed E-state index contributed by atoms with van der Waals surface area (Å²) >= 11 is 9.34. The molecule has 0 radical (unpaired) electrons. The summed E-state index contributed by atoms with van der Waals surface area (Å²) in [6.07, 6.45) is 0. The number of halogens is 3. The Labute approximate surface area is 107 Å². The normalized spacial score (nSPS) is 12.4. The second kappa shape index (κ2) is 4.98. The maximum absolute atomic E-state index is 13.6. The van der Waals surface area contributed by atoms with Gasteiger partial charge in [-0.1, -0.05) is 57.9 Å². The van der Waals surface area contributed by atoms with E-state index in [-0.39, 0.29) is 10.6 Å². The summed E-state index contributed by atoms with van der Waals surface area (Å²) in [7, 11) is 0. The van der Waals surface area contributed by atoms with Crippen LogP contribution in [0.15, 0.2) is 48.5 Å². The van der Waals surface area contributed by atoms with E-state index in [2.05, 4.69) is 15.9 Å². The van der Waals surface area contributed by atoms with Crippen molar-refractivity contribution in [2.75, 3.05) is 0 Å². The van der Waals surface area contributed by atoms with Crippen LogP contribution in [0.1, 0.15) is 16.0 Å². The van der Waals surface area contributed by atoms with Crippen molar-refractivity contribution in [2.45, 2.75) is 4.83 Å². The van der Waals surface area contributed by atoms with E-state index in [4.69, 9.17) is 11.6 Å². The fourth-order valence-electron chi connectivity index (χ4n) is 1.51. The van der Waals surface area contributed by atoms with Gasteiger partial charge in [-0.2, -0.15) is 0 Å². The first kappa shape index (κ1) is 11.6. The fourth-order valence-corrected chi connectivity index (χ4v) is 2.35. The average molecular weight is 300 g/mol. The van der Waals surface area contributed by atoms with Gasteiger partial charge < -0.3 is 0 Å². The zero-order valence-corrected chi connectivity index (χ0v) is 10.7. The third kappa shape index (κ3) is 2.45. The van der Waals surface area contributed by atoms with Gasteiger partial charge >= 0.3 is 0 Å². The first-order chi connectivity index (χ1) is 7.68. The number of benzene rings is 2. The Morgan fingerprint density at radius 3 is 2.44 bits per heavy atom. The highest BCUT2D eigenvalue weighted by molar-refractivity contribution is 9.09. The molecule has 0 aliphatic carbocycles. The van der Waals surface area contributed by atoms with E-state index >= 15 is 0 Å². The maximum atomic E-state index is 13.6. The lowest BCUT2D eigenvalue weighted by Crippen LogP contribution is -1.96. The van der Waals surface area contributed by atoms with Crippen LogP contribution in [-0.4, -0.2) is 0 Å². The molecule has 0 fully saturated rings. The van der Waals surface area contributed by atoms with Crippen LogP contribution in [0.3, 0.4) is 0 Å². The van der Waals surface area contributed by atoms with Crippen LogP contribution in [0.5, 0.6) is 0 Å². The second-order valence-corrected chi connectivity index (χ2v) is 4.79. The van der Waals surface area contributed by atoms with Crippen molar-refractivity contribution < 1.29 is 4.39 Å². The van der Waals surface area contributed by atoms with Crippen LogP contribution in [-0.2, 0) is 0 Å². The molecule has 0 heterocycles. The third-order valence-corrected chi connectivity index (χ3v) is 3.58. The highest BCUT2D eigenvalue weighted by Crippen LogP contribution is 2.33. The van der Waals surface area contributed by atoms with E-state index in [1.807, 2.05) is 30.3 Å². The van der Waals surface area contributed by atoms with Crippen LogP contribution in [0.2, 0.25) is 5.02 Å². The van der Waals surface area contributed by atoms with E-state index in [1.165, 1.54) is 6.07 Å². The molecule has 2 rings (SSSR count). The number of hydrogen-bond donors (Lipinski definition) is 0. The Balaban J connectivity index is 2.41. The van der Waals surface area contributed by atoms with Gasteiger partial charge in [0.2, 0.25) is 0 Å². The zero-order valence-electron chi connectivity index (χ0n) is 8.33. The van der Waals surface area contributed by atoms with Crippen molar-refractivity contribution in [3.8, 4) is 0 Å². The first-order valence-electron chi connectivity index (χ1n) is 4.82. The molecule has 0 aromatic heterocycles. The van der Waals surface area contributed by atoms with Gasteiger partial charge in [0.1, 0.15) is 5.82 Å². The van der Waals surface area contributed by atoms with Gasteiger partial charge in [-0.25, -0.2) is 4.39 Å². The average Bonchev–Trinajstić information content (AvgIpc) is 2.32. The molecule has 0 aliphatic rings. The lowest BCUT2D eigenvalue weighted by atomic mass is 10.0. The van der Waals surface area contributed by atoms with Crippen LogP contribution >= 0.6 is 27.5 Å². The third-order valence-electron chi connectivity index (χ3n) is 2.32.